The average Bonchev–Trinajstić information content (AvgIpc) is 2.30. The zero-order chi connectivity index (χ0) is 12.4. The van der Waals surface area contributed by atoms with Crippen LogP contribution in [0.3, 0.4) is 0 Å². The van der Waals surface area contributed by atoms with Gasteiger partial charge in [-0.3, -0.25) is 4.98 Å². The minimum absolute atomic E-state index is 0.0780. The summed E-state index contributed by atoms with van der Waals surface area (Å²) in [6.07, 6.45) is -1.73. The number of aromatic nitrogens is 1. The molecule has 1 fully saturated rings. The van der Waals surface area contributed by atoms with E-state index in [9.17, 15) is 13.2 Å². The van der Waals surface area contributed by atoms with Crippen LogP contribution in [-0.2, 0) is 0 Å². The molecule has 0 amide bonds. The van der Waals surface area contributed by atoms with Crippen molar-refractivity contribution in [3.63, 3.8) is 0 Å². The van der Waals surface area contributed by atoms with Crippen LogP contribution in [0, 0.1) is 0 Å². The van der Waals surface area contributed by atoms with E-state index >= 15 is 0 Å². The summed E-state index contributed by atoms with van der Waals surface area (Å²) in [6, 6.07) is 3.04. The van der Waals surface area contributed by atoms with Crippen LogP contribution in [0.15, 0.2) is 24.5 Å². The van der Waals surface area contributed by atoms with Gasteiger partial charge in [0.25, 0.3) is 0 Å². The Morgan fingerprint density at radius 1 is 1.29 bits per heavy atom. The minimum Gasteiger partial charge on any atom is -0.476 e. The minimum atomic E-state index is -4.37. The van der Waals surface area contributed by atoms with Crippen molar-refractivity contribution in [3.05, 3.63) is 24.5 Å². The molecule has 1 aromatic rings. The molecule has 1 aliphatic rings. The van der Waals surface area contributed by atoms with Gasteiger partial charge in [-0.1, -0.05) is 0 Å². The summed E-state index contributed by atoms with van der Waals surface area (Å²) < 4.78 is 44.5. The van der Waals surface area contributed by atoms with Crippen molar-refractivity contribution < 1.29 is 17.9 Å². The van der Waals surface area contributed by atoms with Gasteiger partial charge in [-0.25, -0.2) is 0 Å². The van der Waals surface area contributed by atoms with Crippen LogP contribution in [0.5, 0.6) is 5.75 Å². The van der Waals surface area contributed by atoms with Gasteiger partial charge >= 0.3 is 6.18 Å². The summed E-state index contributed by atoms with van der Waals surface area (Å²) in [5.41, 5.74) is -2.08. The molecule has 3 nitrogen and oxygen atoms in total. The maximum Gasteiger partial charge on any atom is 0.428 e. The number of halogens is 3. The highest BCUT2D eigenvalue weighted by Crippen LogP contribution is 2.40. The van der Waals surface area contributed by atoms with Crippen molar-refractivity contribution in [2.24, 2.45) is 0 Å². The fourth-order valence-corrected chi connectivity index (χ4v) is 1.91. The number of nitrogens with one attached hydrogen (secondary N) is 1. The standard InChI is InChI=1S/C11H13F3N2O/c12-11(13,14)10(3-6-15-7-4-10)17-9-2-1-5-16-8-9/h1-2,5,8,15H,3-4,6-7H2. The van der Waals surface area contributed by atoms with Crippen molar-refractivity contribution in [1.82, 2.24) is 10.3 Å². The molecule has 2 rings (SSSR count). The molecular formula is C11H13F3N2O. The largest absolute Gasteiger partial charge is 0.476 e. The Kier molecular flexibility index (Phi) is 3.24. The summed E-state index contributed by atoms with van der Waals surface area (Å²) in [7, 11) is 0. The van der Waals surface area contributed by atoms with Gasteiger partial charge in [-0.05, 0) is 25.2 Å². The lowest BCUT2D eigenvalue weighted by molar-refractivity contribution is -0.256. The summed E-state index contributed by atoms with van der Waals surface area (Å²) in [6.45, 7) is 0.611. The second kappa shape index (κ2) is 4.52. The first kappa shape index (κ1) is 12.2. The van der Waals surface area contributed by atoms with Gasteiger partial charge in [0.2, 0.25) is 5.60 Å². The van der Waals surface area contributed by atoms with Crippen molar-refractivity contribution in [2.45, 2.75) is 24.6 Å². The third-order valence-corrected chi connectivity index (χ3v) is 2.88. The van der Waals surface area contributed by atoms with E-state index in [2.05, 4.69) is 10.3 Å². The van der Waals surface area contributed by atoms with Crippen LogP contribution in [0.1, 0.15) is 12.8 Å². The zero-order valence-corrected chi connectivity index (χ0v) is 9.13. The molecular weight excluding hydrogens is 233 g/mol. The Morgan fingerprint density at radius 3 is 2.53 bits per heavy atom. The molecule has 17 heavy (non-hydrogen) atoms. The summed E-state index contributed by atoms with van der Waals surface area (Å²) in [5.74, 6) is 0.159. The SMILES string of the molecule is FC(F)(F)C1(Oc2cccnc2)CCNCC1. The number of hydrogen-bond donors (Lipinski definition) is 1. The van der Waals surface area contributed by atoms with Crippen molar-refractivity contribution in [2.75, 3.05) is 13.1 Å². The molecule has 1 saturated heterocycles. The first-order valence-electron chi connectivity index (χ1n) is 5.40. The molecule has 2 heterocycles. The maximum atomic E-state index is 13.1. The number of pyridine rings is 1. The topological polar surface area (TPSA) is 34.1 Å². The van der Waals surface area contributed by atoms with Crippen molar-refractivity contribution in [3.8, 4) is 5.75 Å². The fraction of sp³-hybridized carbons (Fsp3) is 0.545. The molecule has 0 unspecified atom stereocenters. The molecule has 0 radical (unpaired) electrons. The Morgan fingerprint density at radius 2 is 2.00 bits per heavy atom. The van der Waals surface area contributed by atoms with Gasteiger partial charge < -0.3 is 10.1 Å². The second-order valence-electron chi connectivity index (χ2n) is 4.03. The average molecular weight is 246 g/mol. The number of piperidine rings is 1. The van der Waals surface area contributed by atoms with Gasteiger partial charge in [0.15, 0.2) is 0 Å². The van der Waals surface area contributed by atoms with E-state index in [1.54, 1.807) is 6.07 Å². The molecule has 0 bridgehead atoms. The van der Waals surface area contributed by atoms with Gasteiger partial charge in [0.05, 0.1) is 6.20 Å². The highest BCUT2D eigenvalue weighted by atomic mass is 19.4. The molecule has 0 aromatic carbocycles. The van der Waals surface area contributed by atoms with E-state index in [0.29, 0.717) is 13.1 Å². The Labute approximate surface area is 97.0 Å². The summed E-state index contributed by atoms with van der Waals surface area (Å²) in [4.78, 5) is 3.76. The Bertz CT molecular complexity index is 361. The van der Waals surface area contributed by atoms with Crippen molar-refractivity contribution >= 4 is 0 Å². The molecule has 1 aliphatic heterocycles. The molecule has 1 N–H and O–H groups in total. The zero-order valence-electron chi connectivity index (χ0n) is 9.13. The van der Waals surface area contributed by atoms with Crippen LogP contribution in [0.2, 0.25) is 0 Å². The van der Waals surface area contributed by atoms with Crippen LogP contribution >= 0.6 is 0 Å². The number of alkyl halides is 3. The van der Waals surface area contributed by atoms with Crippen molar-refractivity contribution in [1.29, 1.82) is 0 Å². The highest BCUT2D eigenvalue weighted by Gasteiger charge is 2.57. The normalized spacial score (nSPS) is 19.9. The molecule has 0 aliphatic carbocycles. The van der Waals surface area contributed by atoms with Gasteiger partial charge in [0, 0.05) is 19.0 Å². The number of nitrogens with zero attached hydrogens (tertiary/aromatic N) is 1. The first-order chi connectivity index (χ1) is 8.04. The summed E-state index contributed by atoms with van der Waals surface area (Å²) >= 11 is 0. The molecule has 1 aromatic heterocycles. The molecule has 0 spiro atoms. The maximum absolute atomic E-state index is 13.1. The van der Waals surface area contributed by atoms with Crippen LogP contribution in [-0.4, -0.2) is 29.9 Å². The predicted octanol–water partition coefficient (Wildman–Crippen LogP) is 2.14. The van der Waals surface area contributed by atoms with E-state index < -0.39 is 11.8 Å². The van der Waals surface area contributed by atoms with Crippen LogP contribution < -0.4 is 10.1 Å². The summed E-state index contributed by atoms with van der Waals surface area (Å²) in [5, 5.41) is 2.90. The third kappa shape index (κ3) is 2.52. The smallest absolute Gasteiger partial charge is 0.428 e. The van der Waals surface area contributed by atoms with Gasteiger partial charge in [-0.15, -0.1) is 0 Å². The number of rotatable bonds is 2. The lowest BCUT2D eigenvalue weighted by Crippen LogP contribution is -2.56. The fourth-order valence-electron chi connectivity index (χ4n) is 1.91. The Balaban J connectivity index is 2.22. The quantitative estimate of drug-likeness (QED) is 0.868. The van der Waals surface area contributed by atoms with Gasteiger partial charge in [-0.2, -0.15) is 13.2 Å². The first-order valence-corrected chi connectivity index (χ1v) is 5.40. The van der Waals surface area contributed by atoms with E-state index in [-0.39, 0.29) is 18.6 Å². The number of ether oxygens (including phenoxy) is 1. The Hall–Kier alpha value is -1.30. The second-order valence-corrected chi connectivity index (χ2v) is 4.03. The molecule has 0 atom stereocenters. The molecule has 6 heteroatoms. The molecule has 94 valence electrons. The highest BCUT2D eigenvalue weighted by molar-refractivity contribution is 5.18. The third-order valence-electron chi connectivity index (χ3n) is 2.88. The van der Waals surface area contributed by atoms with Crippen LogP contribution in [0.4, 0.5) is 13.2 Å². The van der Waals surface area contributed by atoms with E-state index in [1.807, 2.05) is 0 Å². The number of hydrogen-bond acceptors (Lipinski definition) is 3. The lowest BCUT2D eigenvalue weighted by atomic mass is 9.91. The monoisotopic (exact) mass is 246 g/mol. The van der Waals surface area contributed by atoms with Crippen LogP contribution in [0.25, 0.3) is 0 Å². The van der Waals surface area contributed by atoms with E-state index in [4.69, 9.17) is 4.74 Å². The van der Waals surface area contributed by atoms with E-state index in [1.165, 1.54) is 18.5 Å². The van der Waals surface area contributed by atoms with Gasteiger partial charge in [0.1, 0.15) is 5.75 Å². The van der Waals surface area contributed by atoms with E-state index in [0.717, 1.165) is 0 Å². The molecule has 0 saturated carbocycles. The predicted molar refractivity (Wildman–Crippen MR) is 55.8 cm³/mol. The lowest BCUT2D eigenvalue weighted by Gasteiger charge is -2.39.